The van der Waals surface area contributed by atoms with Gasteiger partial charge in [0.1, 0.15) is 0 Å². The van der Waals surface area contributed by atoms with Crippen molar-refractivity contribution in [3.8, 4) is 11.3 Å². The molecule has 1 atom stereocenters. The number of benzene rings is 1. The summed E-state index contributed by atoms with van der Waals surface area (Å²) in [5, 5.41) is 7.27. The Morgan fingerprint density at radius 3 is 2.81 bits per heavy atom. The van der Waals surface area contributed by atoms with Gasteiger partial charge in [0.2, 0.25) is 0 Å². The molecule has 1 fully saturated rings. The molecule has 2 aromatic heterocycles. The summed E-state index contributed by atoms with van der Waals surface area (Å²) in [6, 6.07) is 13.5. The molecule has 3 heterocycles. The Hall–Kier alpha value is -3.15. The van der Waals surface area contributed by atoms with Gasteiger partial charge in [-0.15, -0.1) is 0 Å². The van der Waals surface area contributed by atoms with Crippen molar-refractivity contribution in [3.63, 3.8) is 0 Å². The van der Waals surface area contributed by atoms with Gasteiger partial charge < -0.3 is 10.2 Å². The maximum absolute atomic E-state index is 12.7. The van der Waals surface area contributed by atoms with Gasteiger partial charge in [0.15, 0.2) is 0 Å². The fourth-order valence-electron chi connectivity index (χ4n) is 3.39. The van der Waals surface area contributed by atoms with E-state index in [1.54, 1.807) is 10.9 Å². The quantitative estimate of drug-likeness (QED) is 0.789. The van der Waals surface area contributed by atoms with E-state index in [1.165, 1.54) is 5.56 Å². The van der Waals surface area contributed by atoms with E-state index >= 15 is 0 Å². The number of nitrogens with zero attached hydrogens (tertiary/aromatic N) is 4. The smallest absolute Gasteiger partial charge is 0.321 e. The van der Waals surface area contributed by atoms with E-state index in [0.717, 1.165) is 29.9 Å². The molecule has 0 unspecified atom stereocenters. The number of rotatable bonds is 3. The van der Waals surface area contributed by atoms with Crippen molar-refractivity contribution in [2.24, 2.45) is 7.05 Å². The average molecular weight is 347 g/mol. The second kappa shape index (κ2) is 7.00. The van der Waals surface area contributed by atoms with Crippen LogP contribution in [0.2, 0.25) is 0 Å². The van der Waals surface area contributed by atoms with Crippen molar-refractivity contribution in [3.05, 3.63) is 66.6 Å². The van der Waals surface area contributed by atoms with Crippen molar-refractivity contribution >= 4 is 11.7 Å². The maximum Gasteiger partial charge on any atom is 0.321 e. The largest absolute Gasteiger partial charge is 0.324 e. The van der Waals surface area contributed by atoms with Gasteiger partial charge in [0.25, 0.3) is 0 Å². The standard InChI is InChI=1S/C20H21N5O/c1-24-13-17(12-22-24)16-9-11-25(14-16)20(26)23-18-8-5-10-21-19(18)15-6-3-2-4-7-15/h2-8,10,12-13,16H,9,11,14H2,1H3,(H,23,26)/t16-/m1/s1. The molecule has 0 aliphatic carbocycles. The molecular formula is C20H21N5O. The van der Waals surface area contributed by atoms with Crippen LogP contribution in [0.5, 0.6) is 0 Å². The number of carbonyl (C=O) groups is 1. The average Bonchev–Trinajstić information content (AvgIpc) is 3.32. The highest BCUT2D eigenvalue weighted by Gasteiger charge is 2.28. The molecule has 2 amide bonds. The molecule has 1 aromatic carbocycles. The molecule has 0 saturated carbocycles. The number of aromatic nitrogens is 3. The van der Waals surface area contributed by atoms with Gasteiger partial charge in [0.05, 0.1) is 17.6 Å². The molecule has 26 heavy (non-hydrogen) atoms. The molecule has 1 aliphatic heterocycles. The Bertz CT molecular complexity index is 905. The van der Waals surface area contributed by atoms with Crippen molar-refractivity contribution in [2.45, 2.75) is 12.3 Å². The second-order valence-electron chi connectivity index (χ2n) is 6.57. The normalized spacial score (nSPS) is 16.7. The Balaban J connectivity index is 1.48. The van der Waals surface area contributed by atoms with Crippen molar-refractivity contribution in [1.82, 2.24) is 19.7 Å². The van der Waals surface area contributed by atoms with E-state index in [-0.39, 0.29) is 6.03 Å². The highest BCUT2D eigenvalue weighted by Crippen LogP contribution is 2.29. The molecule has 1 saturated heterocycles. The monoisotopic (exact) mass is 347 g/mol. The Kier molecular flexibility index (Phi) is 4.39. The van der Waals surface area contributed by atoms with Gasteiger partial charge in [-0.1, -0.05) is 30.3 Å². The lowest BCUT2D eigenvalue weighted by Crippen LogP contribution is -2.33. The van der Waals surface area contributed by atoms with E-state index < -0.39 is 0 Å². The molecule has 0 spiro atoms. The molecule has 6 nitrogen and oxygen atoms in total. The zero-order valence-corrected chi connectivity index (χ0v) is 14.7. The molecule has 1 aliphatic rings. The predicted molar refractivity (Wildman–Crippen MR) is 101 cm³/mol. The first-order chi connectivity index (χ1) is 12.7. The number of anilines is 1. The lowest BCUT2D eigenvalue weighted by atomic mass is 10.0. The molecule has 0 radical (unpaired) electrons. The summed E-state index contributed by atoms with van der Waals surface area (Å²) in [5.41, 5.74) is 3.69. The van der Waals surface area contributed by atoms with Crippen LogP contribution in [-0.4, -0.2) is 38.8 Å². The molecule has 6 heteroatoms. The maximum atomic E-state index is 12.7. The summed E-state index contributed by atoms with van der Waals surface area (Å²) in [6.45, 7) is 1.45. The van der Waals surface area contributed by atoms with E-state index in [2.05, 4.69) is 15.4 Å². The number of likely N-dealkylation sites (tertiary alicyclic amines) is 1. The lowest BCUT2D eigenvalue weighted by molar-refractivity contribution is 0.222. The molecule has 4 rings (SSSR count). The van der Waals surface area contributed by atoms with Crippen LogP contribution in [0.25, 0.3) is 11.3 Å². The van der Waals surface area contributed by atoms with Gasteiger partial charge in [-0.3, -0.25) is 9.67 Å². The van der Waals surface area contributed by atoms with Gasteiger partial charge in [-0.25, -0.2) is 4.79 Å². The highest BCUT2D eigenvalue weighted by molar-refractivity contribution is 5.93. The number of urea groups is 1. The SMILES string of the molecule is Cn1cc([C@@H]2CCN(C(=O)Nc3cccnc3-c3ccccc3)C2)cn1. The van der Waals surface area contributed by atoms with Gasteiger partial charge in [-0.2, -0.15) is 5.10 Å². The zero-order chi connectivity index (χ0) is 17.9. The number of pyridine rings is 1. The van der Waals surface area contributed by atoms with Crippen molar-refractivity contribution in [2.75, 3.05) is 18.4 Å². The zero-order valence-electron chi connectivity index (χ0n) is 14.7. The number of aryl methyl sites for hydroxylation is 1. The lowest BCUT2D eigenvalue weighted by Gasteiger charge is -2.18. The van der Waals surface area contributed by atoms with Crippen molar-refractivity contribution in [1.29, 1.82) is 0 Å². The van der Waals surface area contributed by atoms with Crippen LogP contribution in [-0.2, 0) is 7.05 Å². The molecule has 1 N–H and O–H groups in total. The minimum atomic E-state index is -0.0819. The minimum Gasteiger partial charge on any atom is -0.324 e. The van der Waals surface area contributed by atoms with Crippen LogP contribution in [0.3, 0.4) is 0 Å². The number of hydrogen-bond donors (Lipinski definition) is 1. The summed E-state index contributed by atoms with van der Waals surface area (Å²) in [6.07, 6.45) is 6.62. The van der Waals surface area contributed by atoms with Gasteiger partial charge >= 0.3 is 6.03 Å². The fraction of sp³-hybridized carbons (Fsp3) is 0.250. The Morgan fingerprint density at radius 2 is 2.04 bits per heavy atom. The Labute approximate surface area is 152 Å². The molecule has 0 bridgehead atoms. The van der Waals surface area contributed by atoms with E-state index in [0.29, 0.717) is 12.5 Å². The molecule has 3 aromatic rings. The summed E-state index contributed by atoms with van der Waals surface area (Å²) >= 11 is 0. The summed E-state index contributed by atoms with van der Waals surface area (Å²) in [4.78, 5) is 19.1. The molecule has 132 valence electrons. The van der Waals surface area contributed by atoms with Gasteiger partial charge in [-0.05, 0) is 24.1 Å². The number of nitrogens with one attached hydrogen (secondary N) is 1. The van der Waals surface area contributed by atoms with Crippen LogP contribution in [0.4, 0.5) is 10.5 Å². The fourth-order valence-corrected chi connectivity index (χ4v) is 3.39. The van der Waals surface area contributed by atoms with Crippen molar-refractivity contribution < 1.29 is 4.79 Å². The van der Waals surface area contributed by atoms with E-state index in [1.807, 2.05) is 66.8 Å². The first-order valence-corrected chi connectivity index (χ1v) is 8.75. The van der Waals surface area contributed by atoms with Crippen LogP contribution >= 0.6 is 0 Å². The summed E-state index contributed by atoms with van der Waals surface area (Å²) < 4.78 is 1.81. The minimum absolute atomic E-state index is 0.0819. The summed E-state index contributed by atoms with van der Waals surface area (Å²) in [5.74, 6) is 0.344. The first kappa shape index (κ1) is 16.3. The predicted octanol–water partition coefficient (Wildman–Crippen LogP) is 3.50. The van der Waals surface area contributed by atoms with Crippen LogP contribution in [0.15, 0.2) is 61.1 Å². The third-order valence-corrected chi connectivity index (χ3v) is 4.77. The third kappa shape index (κ3) is 3.31. The van der Waals surface area contributed by atoms with Gasteiger partial charge in [0, 0.05) is 44.0 Å². The summed E-state index contributed by atoms with van der Waals surface area (Å²) in [7, 11) is 1.91. The number of hydrogen-bond acceptors (Lipinski definition) is 3. The van der Waals surface area contributed by atoms with Crippen LogP contribution < -0.4 is 5.32 Å². The number of amides is 2. The van der Waals surface area contributed by atoms with E-state index in [4.69, 9.17) is 0 Å². The third-order valence-electron chi connectivity index (χ3n) is 4.77. The Morgan fingerprint density at radius 1 is 1.19 bits per heavy atom. The topological polar surface area (TPSA) is 63.1 Å². The highest BCUT2D eigenvalue weighted by atomic mass is 16.2. The number of carbonyl (C=O) groups excluding carboxylic acids is 1. The van der Waals surface area contributed by atoms with Crippen LogP contribution in [0, 0.1) is 0 Å². The second-order valence-corrected chi connectivity index (χ2v) is 6.57. The molecular weight excluding hydrogens is 326 g/mol. The van der Waals surface area contributed by atoms with E-state index in [9.17, 15) is 4.79 Å². The first-order valence-electron chi connectivity index (χ1n) is 8.75. The van der Waals surface area contributed by atoms with Crippen LogP contribution in [0.1, 0.15) is 17.9 Å².